The maximum atomic E-state index is 5.25. The molecule has 4 rings (SSSR count). The van der Waals surface area contributed by atoms with Crippen LogP contribution in [0.5, 0.6) is 0 Å². The van der Waals surface area contributed by atoms with Crippen LogP contribution in [0.4, 0.5) is 0 Å². The molecule has 0 radical (unpaired) electrons. The summed E-state index contributed by atoms with van der Waals surface area (Å²) in [6, 6.07) is 8.06. The number of hydrogen-bond donors (Lipinski definition) is 0. The molecule has 2 aromatic heterocycles. The lowest BCUT2D eigenvalue weighted by Crippen LogP contribution is -1.99. The second-order valence-electron chi connectivity index (χ2n) is 5.32. The molecule has 2 heterocycles. The molecule has 1 aromatic carbocycles. The van der Waals surface area contributed by atoms with E-state index in [1.165, 1.54) is 17.3 Å². The van der Waals surface area contributed by atoms with Gasteiger partial charge in [0.2, 0.25) is 11.0 Å². The molecule has 8 heteroatoms. The maximum absolute atomic E-state index is 5.25. The predicted molar refractivity (Wildman–Crippen MR) is 79.7 cm³/mol. The maximum Gasteiger partial charge on any atom is 0.229 e. The van der Waals surface area contributed by atoms with Crippen molar-refractivity contribution in [3.05, 3.63) is 41.5 Å². The number of aromatic nitrogens is 6. The van der Waals surface area contributed by atoms with Gasteiger partial charge in [-0.1, -0.05) is 34.6 Å². The first-order chi connectivity index (χ1) is 10.8. The molecule has 0 atom stereocenters. The van der Waals surface area contributed by atoms with Crippen LogP contribution in [0, 0.1) is 6.92 Å². The number of aryl methyl sites for hydroxylation is 1. The molecule has 0 unspecified atom stereocenters. The average molecular weight is 314 g/mol. The van der Waals surface area contributed by atoms with Crippen molar-refractivity contribution in [1.82, 2.24) is 30.3 Å². The van der Waals surface area contributed by atoms with Crippen LogP contribution in [0.25, 0.3) is 5.69 Å². The zero-order valence-electron chi connectivity index (χ0n) is 12.0. The molecule has 0 amide bonds. The van der Waals surface area contributed by atoms with Gasteiger partial charge in [-0.05, 0) is 42.3 Å². The summed E-state index contributed by atoms with van der Waals surface area (Å²) < 4.78 is 6.97. The first-order valence-corrected chi connectivity index (χ1v) is 8.09. The molecule has 112 valence electrons. The van der Waals surface area contributed by atoms with Gasteiger partial charge >= 0.3 is 0 Å². The second kappa shape index (κ2) is 5.53. The van der Waals surface area contributed by atoms with Gasteiger partial charge < -0.3 is 4.52 Å². The lowest BCUT2D eigenvalue weighted by Gasteiger charge is -2.03. The Morgan fingerprint density at radius 3 is 2.86 bits per heavy atom. The van der Waals surface area contributed by atoms with E-state index in [4.69, 9.17) is 4.52 Å². The highest BCUT2D eigenvalue weighted by Gasteiger charge is 2.29. The van der Waals surface area contributed by atoms with E-state index in [-0.39, 0.29) is 0 Å². The van der Waals surface area contributed by atoms with Crippen LogP contribution in [0.2, 0.25) is 0 Å². The highest BCUT2D eigenvalue weighted by atomic mass is 32.2. The number of nitrogens with zero attached hydrogens (tertiary/aromatic N) is 6. The number of thioether (sulfide) groups is 1. The zero-order chi connectivity index (χ0) is 14.9. The standard InChI is InChI=1S/C14H14N6OS/c1-9-2-6-11(7-3-9)20-14(16-18-19-20)22-8-12-15-13(21-17-12)10-4-5-10/h2-3,6-7,10H,4-5,8H2,1H3. The third-order valence-electron chi connectivity index (χ3n) is 3.46. The van der Waals surface area contributed by atoms with Gasteiger partial charge in [0.15, 0.2) is 5.82 Å². The molecular weight excluding hydrogens is 300 g/mol. The Kier molecular flexibility index (Phi) is 3.38. The molecule has 0 N–H and O–H groups in total. The quantitative estimate of drug-likeness (QED) is 0.669. The summed E-state index contributed by atoms with van der Waals surface area (Å²) in [6.45, 7) is 2.05. The normalized spacial score (nSPS) is 14.4. The van der Waals surface area contributed by atoms with Gasteiger partial charge in [0.05, 0.1) is 11.4 Å². The Hall–Kier alpha value is -2.22. The number of benzene rings is 1. The van der Waals surface area contributed by atoms with Crippen molar-refractivity contribution in [2.75, 3.05) is 0 Å². The van der Waals surface area contributed by atoms with E-state index in [1.54, 1.807) is 4.68 Å². The largest absolute Gasteiger partial charge is 0.339 e. The van der Waals surface area contributed by atoms with Crippen LogP contribution in [-0.2, 0) is 5.75 Å². The Balaban J connectivity index is 1.48. The molecule has 1 aliphatic rings. The first kappa shape index (κ1) is 13.4. The summed E-state index contributed by atoms with van der Waals surface area (Å²) >= 11 is 1.49. The summed E-state index contributed by atoms with van der Waals surface area (Å²) in [5, 5.41) is 16.6. The summed E-state index contributed by atoms with van der Waals surface area (Å²) in [5.74, 6) is 2.51. The smallest absolute Gasteiger partial charge is 0.229 e. The monoisotopic (exact) mass is 314 g/mol. The van der Waals surface area contributed by atoms with Crippen molar-refractivity contribution in [3.63, 3.8) is 0 Å². The molecule has 0 aliphatic heterocycles. The van der Waals surface area contributed by atoms with Gasteiger partial charge in [0.1, 0.15) is 0 Å². The third kappa shape index (κ3) is 2.74. The lowest BCUT2D eigenvalue weighted by atomic mass is 10.2. The van der Waals surface area contributed by atoms with Crippen molar-refractivity contribution >= 4 is 11.8 Å². The van der Waals surface area contributed by atoms with Gasteiger partial charge in [-0.25, -0.2) is 0 Å². The fourth-order valence-corrected chi connectivity index (χ4v) is 2.80. The summed E-state index contributed by atoms with van der Waals surface area (Å²) in [6.07, 6.45) is 2.31. The van der Waals surface area contributed by atoms with E-state index in [0.717, 1.165) is 24.4 Å². The van der Waals surface area contributed by atoms with Gasteiger partial charge in [-0.3, -0.25) is 0 Å². The molecule has 0 spiro atoms. The molecule has 1 aliphatic carbocycles. The Labute approximate surface area is 131 Å². The summed E-state index contributed by atoms with van der Waals surface area (Å²) in [5.41, 5.74) is 2.13. The molecule has 1 fully saturated rings. The van der Waals surface area contributed by atoms with E-state index < -0.39 is 0 Å². The Morgan fingerprint density at radius 2 is 2.09 bits per heavy atom. The molecule has 1 saturated carbocycles. The topological polar surface area (TPSA) is 82.5 Å². The first-order valence-electron chi connectivity index (χ1n) is 7.10. The van der Waals surface area contributed by atoms with Crippen LogP contribution < -0.4 is 0 Å². The van der Waals surface area contributed by atoms with Crippen LogP contribution in [-0.4, -0.2) is 30.3 Å². The SMILES string of the molecule is Cc1ccc(-n2nnnc2SCc2noc(C3CC3)n2)cc1. The highest BCUT2D eigenvalue weighted by Crippen LogP contribution is 2.39. The zero-order valence-corrected chi connectivity index (χ0v) is 12.8. The van der Waals surface area contributed by atoms with Gasteiger partial charge in [-0.2, -0.15) is 9.67 Å². The molecule has 0 saturated heterocycles. The number of rotatable bonds is 5. The van der Waals surface area contributed by atoms with Crippen molar-refractivity contribution in [3.8, 4) is 5.69 Å². The van der Waals surface area contributed by atoms with Crippen molar-refractivity contribution in [2.24, 2.45) is 0 Å². The van der Waals surface area contributed by atoms with Crippen LogP contribution in [0.15, 0.2) is 33.9 Å². The average Bonchev–Trinajstić information content (AvgIpc) is 3.10. The molecule has 3 aromatic rings. The van der Waals surface area contributed by atoms with E-state index in [9.17, 15) is 0 Å². The van der Waals surface area contributed by atoms with Gasteiger partial charge in [0.25, 0.3) is 0 Å². The van der Waals surface area contributed by atoms with Crippen molar-refractivity contribution < 1.29 is 4.52 Å². The molecule has 0 bridgehead atoms. The minimum absolute atomic E-state index is 0.476. The van der Waals surface area contributed by atoms with Crippen LogP contribution in [0.3, 0.4) is 0 Å². The Bertz CT molecular complexity index is 777. The van der Waals surface area contributed by atoms with Gasteiger partial charge in [-0.15, -0.1) is 5.10 Å². The molecule has 7 nitrogen and oxygen atoms in total. The molecular formula is C14H14N6OS. The fourth-order valence-electron chi connectivity index (χ4n) is 2.07. The predicted octanol–water partition coefficient (Wildman–Crippen LogP) is 2.52. The minimum atomic E-state index is 0.476. The van der Waals surface area contributed by atoms with Crippen LogP contribution >= 0.6 is 11.8 Å². The van der Waals surface area contributed by atoms with E-state index >= 15 is 0 Å². The Morgan fingerprint density at radius 1 is 1.27 bits per heavy atom. The highest BCUT2D eigenvalue weighted by molar-refractivity contribution is 7.98. The van der Waals surface area contributed by atoms with Crippen LogP contribution in [0.1, 0.15) is 36.0 Å². The van der Waals surface area contributed by atoms with E-state index in [2.05, 4.69) is 25.7 Å². The van der Waals surface area contributed by atoms with Gasteiger partial charge in [0, 0.05) is 5.92 Å². The summed E-state index contributed by atoms with van der Waals surface area (Å²) in [4.78, 5) is 4.41. The second-order valence-corrected chi connectivity index (χ2v) is 6.26. The molecule has 22 heavy (non-hydrogen) atoms. The lowest BCUT2D eigenvalue weighted by molar-refractivity contribution is 0.375. The fraction of sp³-hybridized carbons (Fsp3) is 0.357. The number of hydrogen-bond acceptors (Lipinski definition) is 7. The minimum Gasteiger partial charge on any atom is -0.339 e. The third-order valence-corrected chi connectivity index (χ3v) is 4.38. The van der Waals surface area contributed by atoms with Crippen molar-refractivity contribution in [1.29, 1.82) is 0 Å². The summed E-state index contributed by atoms with van der Waals surface area (Å²) in [7, 11) is 0. The van der Waals surface area contributed by atoms with E-state index in [0.29, 0.717) is 22.7 Å². The van der Waals surface area contributed by atoms with Crippen molar-refractivity contribution in [2.45, 2.75) is 36.6 Å². The number of tetrazole rings is 1. The van der Waals surface area contributed by atoms with E-state index in [1.807, 2.05) is 31.2 Å².